The molecular weight excluding hydrogens is 384 g/mol. The molecule has 1 aliphatic rings. The highest BCUT2D eigenvalue weighted by atomic mass is 32.2. The van der Waals surface area contributed by atoms with E-state index in [1.165, 1.54) is 16.0 Å². The van der Waals surface area contributed by atoms with Gasteiger partial charge in [0.1, 0.15) is 24.1 Å². The Balaban J connectivity index is 1.55. The van der Waals surface area contributed by atoms with E-state index in [1.807, 2.05) is 20.0 Å². The van der Waals surface area contributed by atoms with Crippen molar-refractivity contribution < 1.29 is 19.2 Å². The van der Waals surface area contributed by atoms with Crippen LogP contribution in [0.2, 0.25) is 0 Å². The van der Waals surface area contributed by atoms with Crippen LogP contribution < -0.4 is 19.7 Å². The topological polar surface area (TPSA) is 52.0 Å². The van der Waals surface area contributed by atoms with Gasteiger partial charge in [-0.2, -0.15) is 0 Å². The highest BCUT2D eigenvalue weighted by Gasteiger charge is 2.22. The Bertz CT molecular complexity index is 839. The maximum absolute atomic E-state index is 12.5. The van der Waals surface area contributed by atoms with E-state index in [0.717, 1.165) is 34.9 Å². The summed E-state index contributed by atoms with van der Waals surface area (Å²) in [6.45, 7) is 6.31. The molecule has 1 amide bonds. The number of nitrogens with one attached hydrogen (secondary N) is 2. The van der Waals surface area contributed by atoms with Gasteiger partial charge in [-0.15, -0.1) is 11.8 Å². The fourth-order valence-corrected chi connectivity index (χ4v) is 4.00. The van der Waals surface area contributed by atoms with E-state index in [4.69, 9.17) is 9.47 Å². The molecular formula is C23H31N2O3S+. The van der Waals surface area contributed by atoms with Gasteiger partial charge in [-0.25, -0.2) is 0 Å². The SMILES string of the molecule is CCOc1cc2c(cc1CNC(=O)C[NH+](C)Cc1ccc(SC)cc1)O[C@H](C)C2. The first-order chi connectivity index (χ1) is 14.0. The minimum Gasteiger partial charge on any atom is -0.494 e. The molecule has 0 saturated heterocycles. The van der Waals surface area contributed by atoms with Gasteiger partial charge in [0.05, 0.1) is 13.7 Å². The van der Waals surface area contributed by atoms with Crippen LogP contribution in [0.25, 0.3) is 0 Å². The predicted octanol–water partition coefficient (Wildman–Crippen LogP) is 2.46. The first kappa shape index (κ1) is 21.5. The summed E-state index contributed by atoms with van der Waals surface area (Å²) < 4.78 is 11.7. The number of rotatable bonds is 9. The molecule has 1 unspecified atom stereocenters. The number of thioether (sulfide) groups is 1. The van der Waals surface area contributed by atoms with Crippen molar-refractivity contribution in [1.29, 1.82) is 0 Å². The Kier molecular flexibility index (Phi) is 7.45. The second-order valence-electron chi connectivity index (χ2n) is 7.57. The van der Waals surface area contributed by atoms with Crippen molar-refractivity contribution in [2.45, 2.75) is 44.4 Å². The lowest BCUT2D eigenvalue weighted by atomic mass is 10.1. The Labute approximate surface area is 177 Å². The lowest BCUT2D eigenvalue weighted by molar-refractivity contribution is -0.885. The molecule has 29 heavy (non-hydrogen) atoms. The molecule has 0 aromatic heterocycles. The number of quaternary nitrogens is 1. The molecule has 0 saturated carbocycles. The summed E-state index contributed by atoms with van der Waals surface area (Å²) in [4.78, 5) is 14.9. The van der Waals surface area contributed by atoms with Gasteiger partial charge in [-0.05, 0) is 44.4 Å². The molecule has 3 rings (SSSR count). The minimum absolute atomic E-state index is 0.0282. The zero-order valence-corrected chi connectivity index (χ0v) is 18.5. The molecule has 2 aromatic rings. The first-order valence-corrected chi connectivity index (χ1v) is 11.4. The molecule has 1 aliphatic heterocycles. The molecule has 0 spiro atoms. The number of likely N-dealkylation sites (N-methyl/N-ethyl adjacent to an activating group) is 1. The summed E-state index contributed by atoms with van der Waals surface area (Å²) in [5.41, 5.74) is 3.36. The third-order valence-electron chi connectivity index (χ3n) is 4.98. The lowest BCUT2D eigenvalue weighted by Crippen LogP contribution is -3.08. The summed E-state index contributed by atoms with van der Waals surface area (Å²) in [5, 5.41) is 3.04. The van der Waals surface area contributed by atoms with Crippen LogP contribution in [-0.2, 0) is 24.3 Å². The van der Waals surface area contributed by atoms with Crippen molar-refractivity contribution >= 4 is 17.7 Å². The Morgan fingerprint density at radius 3 is 2.76 bits per heavy atom. The summed E-state index contributed by atoms with van der Waals surface area (Å²) in [6, 6.07) is 12.6. The molecule has 0 fully saturated rings. The number of amides is 1. The van der Waals surface area contributed by atoms with Crippen LogP contribution >= 0.6 is 11.8 Å². The number of fused-ring (bicyclic) bond motifs is 1. The van der Waals surface area contributed by atoms with Crippen LogP contribution in [0, 0.1) is 0 Å². The molecule has 0 radical (unpaired) electrons. The summed E-state index contributed by atoms with van der Waals surface area (Å²) >= 11 is 1.73. The fraction of sp³-hybridized carbons (Fsp3) is 0.435. The van der Waals surface area contributed by atoms with E-state index in [0.29, 0.717) is 19.7 Å². The van der Waals surface area contributed by atoms with E-state index in [9.17, 15) is 4.79 Å². The van der Waals surface area contributed by atoms with Gasteiger partial charge in [0.15, 0.2) is 6.54 Å². The average Bonchev–Trinajstić information content (AvgIpc) is 3.05. The summed E-state index contributed by atoms with van der Waals surface area (Å²) in [6.07, 6.45) is 3.15. The third-order valence-corrected chi connectivity index (χ3v) is 5.73. The standard InChI is InChI=1S/C23H30N2O3S/c1-5-27-21-11-18-10-16(2)28-22(18)12-19(21)13-24-23(26)15-25(3)14-17-6-8-20(29-4)9-7-17/h6-9,11-12,16H,5,10,13-15H2,1-4H3,(H,24,26)/p+1/t16-/m1/s1. The van der Waals surface area contributed by atoms with Crippen molar-refractivity contribution in [3.63, 3.8) is 0 Å². The molecule has 2 aromatic carbocycles. The summed E-state index contributed by atoms with van der Waals surface area (Å²) in [7, 11) is 2.04. The lowest BCUT2D eigenvalue weighted by Gasteiger charge is -2.16. The van der Waals surface area contributed by atoms with Crippen molar-refractivity contribution in [1.82, 2.24) is 5.32 Å². The largest absolute Gasteiger partial charge is 0.494 e. The molecule has 6 heteroatoms. The Morgan fingerprint density at radius 1 is 1.31 bits per heavy atom. The van der Waals surface area contributed by atoms with Gasteiger partial charge in [0, 0.05) is 34.6 Å². The van der Waals surface area contributed by atoms with E-state index in [-0.39, 0.29) is 12.0 Å². The fourth-order valence-electron chi connectivity index (χ4n) is 3.59. The quantitative estimate of drug-likeness (QED) is 0.618. The zero-order valence-electron chi connectivity index (χ0n) is 17.7. The van der Waals surface area contributed by atoms with E-state index in [1.54, 1.807) is 11.8 Å². The van der Waals surface area contributed by atoms with Crippen LogP contribution in [0.1, 0.15) is 30.5 Å². The maximum atomic E-state index is 12.5. The van der Waals surface area contributed by atoms with Gasteiger partial charge in [0.2, 0.25) is 0 Å². The van der Waals surface area contributed by atoms with Crippen LogP contribution in [-0.4, -0.2) is 38.5 Å². The normalized spacial score (nSPS) is 16.1. The second kappa shape index (κ2) is 10.0. The molecule has 1 heterocycles. The first-order valence-electron chi connectivity index (χ1n) is 10.1. The molecule has 0 aliphatic carbocycles. The minimum atomic E-state index is 0.0282. The number of carbonyl (C=O) groups excluding carboxylic acids is 1. The number of benzene rings is 2. The molecule has 156 valence electrons. The highest BCUT2D eigenvalue weighted by molar-refractivity contribution is 7.98. The second-order valence-corrected chi connectivity index (χ2v) is 8.45. The van der Waals surface area contributed by atoms with Gasteiger partial charge in [-0.3, -0.25) is 4.79 Å². The van der Waals surface area contributed by atoms with Gasteiger partial charge in [0.25, 0.3) is 5.91 Å². The van der Waals surface area contributed by atoms with Crippen LogP contribution in [0.5, 0.6) is 11.5 Å². The molecule has 2 N–H and O–H groups in total. The molecule has 0 bridgehead atoms. The van der Waals surface area contributed by atoms with Crippen molar-refractivity contribution in [2.24, 2.45) is 0 Å². The number of carbonyl (C=O) groups is 1. The Hall–Kier alpha value is -2.18. The van der Waals surface area contributed by atoms with Gasteiger partial charge in [-0.1, -0.05) is 12.1 Å². The highest BCUT2D eigenvalue weighted by Crippen LogP contribution is 2.35. The van der Waals surface area contributed by atoms with Gasteiger partial charge >= 0.3 is 0 Å². The van der Waals surface area contributed by atoms with Crippen LogP contribution in [0.15, 0.2) is 41.3 Å². The van der Waals surface area contributed by atoms with Crippen molar-refractivity contribution in [2.75, 3.05) is 26.5 Å². The predicted molar refractivity (Wildman–Crippen MR) is 117 cm³/mol. The maximum Gasteiger partial charge on any atom is 0.275 e. The van der Waals surface area contributed by atoms with E-state index in [2.05, 4.69) is 48.8 Å². The average molecular weight is 416 g/mol. The Morgan fingerprint density at radius 2 is 2.07 bits per heavy atom. The molecule has 5 nitrogen and oxygen atoms in total. The van der Waals surface area contributed by atoms with Crippen LogP contribution in [0.4, 0.5) is 0 Å². The summed E-state index contributed by atoms with van der Waals surface area (Å²) in [5.74, 6) is 1.76. The van der Waals surface area contributed by atoms with Gasteiger partial charge < -0.3 is 19.7 Å². The molecule has 2 atom stereocenters. The van der Waals surface area contributed by atoms with E-state index >= 15 is 0 Å². The van der Waals surface area contributed by atoms with Crippen LogP contribution in [0.3, 0.4) is 0 Å². The van der Waals surface area contributed by atoms with Crippen molar-refractivity contribution in [3.05, 3.63) is 53.1 Å². The smallest absolute Gasteiger partial charge is 0.275 e. The van der Waals surface area contributed by atoms with Crippen molar-refractivity contribution in [3.8, 4) is 11.5 Å². The zero-order chi connectivity index (χ0) is 20.8. The number of hydrogen-bond acceptors (Lipinski definition) is 4. The number of ether oxygens (including phenoxy) is 2. The van der Waals surface area contributed by atoms with E-state index < -0.39 is 0 Å². The number of hydrogen-bond donors (Lipinski definition) is 2. The third kappa shape index (κ3) is 5.90. The monoisotopic (exact) mass is 415 g/mol.